The zero-order chi connectivity index (χ0) is 11.3. The largest absolute Gasteiger partial charge is 0.311 e. The minimum Gasteiger partial charge on any atom is -0.311 e. The van der Waals surface area contributed by atoms with Gasteiger partial charge in [0.2, 0.25) is 0 Å². The number of aromatic nitrogens is 2. The Balaban J connectivity index is 2.75. The van der Waals surface area contributed by atoms with Gasteiger partial charge in [0.05, 0.1) is 0 Å². The monoisotopic (exact) mass is 208 g/mol. The first-order chi connectivity index (χ1) is 7.11. The van der Waals surface area contributed by atoms with E-state index >= 15 is 0 Å². The van der Waals surface area contributed by atoms with Gasteiger partial charge in [0.1, 0.15) is 5.82 Å². The fourth-order valence-electron chi connectivity index (χ4n) is 1.49. The number of H-pyrrole nitrogens is 1. The highest BCUT2D eigenvalue weighted by atomic mass is 16.1. The van der Waals surface area contributed by atoms with Crippen LogP contribution >= 0.6 is 0 Å². The first-order valence-corrected chi connectivity index (χ1v) is 5.71. The Kier molecular flexibility index (Phi) is 4.53. The molecule has 0 unspecified atom stereocenters. The van der Waals surface area contributed by atoms with E-state index in [1.807, 2.05) is 0 Å². The van der Waals surface area contributed by atoms with Crippen molar-refractivity contribution in [2.45, 2.75) is 46.5 Å². The Hall–Kier alpha value is -1.12. The molecule has 0 aliphatic heterocycles. The van der Waals surface area contributed by atoms with E-state index in [9.17, 15) is 4.79 Å². The second kappa shape index (κ2) is 5.69. The standard InChI is InChI=1S/C12H20N2O/c1-4-5-10-8-12(15)14-11(13-10)7-6-9(2)3/h8-9H,4-7H2,1-3H3,(H,13,14,15). The molecule has 1 N–H and O–H groups in total. The van der Waals surface area contributed by atoms with Crippen molar-refractivity contribution >= 4 is 0 Å². The molecule has 0 aliphatic carbocycles. The second-order valence-electron chi connectivity index (χ2n) is 4.37. The summed E-state index contributed by atoms with van der Waals surface area (Å²) in [4.78, 5) is 18.6. The smallest absolute Gasteiger partial charge is 0.251 e. The Bertz CT molecular complexity index is 355. The topological polar surface area (TPSA) is 45.8 Å². The fraction of sp³-hybridized carbons (Fsp3) is 0.667. The molecule has 0 radical (unpaired) electrons. The highest BCUT2D eigenvalue weighted by Gasteiger charge is 2.02. The number of nitrogens with one attached hydrogen (secondary N) is 1. The van der Waals surface area contributed by atoms with Gasteiger partial charge in [-0.1, -0.05) is 27.2 Å². The molecule has 0 saturated carbocycles. The van der Waals surface area contributed by atoms with E-state index in [2.05, 4.69) is 30.7 Å². The summed E-state index contributed by atoms with van der Waals surface area (Å²) in [5, 5.41) is 0. The first-order valence-electron chi connectivity index (χ1n) is 5.71. The number of hydrogen-bond donors (Lipinski definition) is 1. The Labute approximate surface area is 91.0 Å². The molecule has 1 heterocycles. The quantitative estimate of drug-likeness (QED) is 0.807. The summed E-state index contributed by atoms with van der Waals surface area (Å²) in [6.45, 7) is 6.44. The summed E-state index contributed by atoms with van der Waals surface area (Å²) in [6.07, 6.45) is 3.85. The molecule has 0 bridgehead atoms. The normalized spacial score (nSPS) is 10.9. The molecule has 15 heavy (non-hydrogen) atoms. The van der Waals surface area contributed by atoms with Crippen molar-refractivity contribution in [3.8, 4) is 0 Å². The Morgan fingerprint density at radius 1 is 1.40 bits per heavy atom. The van der Waals surface area contributed by atoms with Crippen LogP contribution in [0.25, 0.3) is 0 Å². The number of rotatable bonds is 5. The molecule has 0 spiro atoms. The molecule has 0 fully saturated rings. The van der Waals surface area contributed by atoms with E-state index in [1.165, 1.54) is 0 Å². The zero-order valence-corrected chi connectivity index (χ0v) is 9.84. The number of aryl methyl sites for hydroxylation is 2. The second-order valence-corrected chi connectivity index (χ2v) is 4.37. The third-order valence-electron chi connectivity index (χ3n) is 2.31. The lowest BCUT2D eigenvalue weighted by atomic mass is 10.1. The maximum Gasteiger partial charge on any atom is 0.251 e. The van der Waals surface area contributed by atoms with Crippen LogP contribution in [0.3, 0.4) is 0 Å². The van der Waals surface area contributed by atoms with Crippen LogP contribution in [0.1, 0.15) is 45.1 Å². The van der Waals surface area contributed by atoms with E-state index in [0.29, 0.717) is 5.92 Å². The van der Waals surface area contributed by atoms with Gasteiger partial charge in [0.15, 0.2) is 0 Å². The lowest BCUT2D eigenvalue weighted by Crippen LogP contribution is -2.13. The zero-order valence-electron chi connectivity index (χ0n) is 9.84. The number of aromatic amines is 1. The SMILES string of the molecule is CCCc1cc(=O)[nH]c(CCC(C)C)n1. The van der Waals surface area contributed by atoms with Gasteiger partial charge in [-0.2, -0.15) is 0 Å². The minimum absolute atomic E-state index is 0.0211. The predicted molar refractivity (Wildman–Crippen MR) is 62.0 cm³/mol. The Morgan fingerprint density at radius 2 is 2.13 bits per heavy atom. The van der Waals surface area contributed by atoms with E-state index in [4.69, 9.17) is 0 Å². The van der Waals surface area contributed by atoms with Crippen molar-refractivity contribution < 1.29 is 0 Å². The van der Waals surface area contributed by atoms with Crippen LogP contribution in [0.15, 0.2) is 10.9 Å². The average Bonchev–Trinajstić information content (AvgIpc) is 2.14. The summed E-state index contributed by atoms with van der Waals surface area (Å²) in [6, 6.07) is 1.60. The summed E-state index contributed by atoms with van der Waals surface area (Å²) >= 11 is 0. The van der Waals surface area contributed by atoms with Gasteiger partial charge >= 0.3 is 0 Å². The molecule has 0 amide bonds. The van der Waals surface area contributed by atoms with Gasteiger partial charge in [0.25, 0.3) is 5.56 Å². The van der Waals surface area contributed by atoms with E-state index in [0.717, 1.165) is 37.2 Å². The molecule has 0 aliphatic rings. The van der Waals surface area contributed by atoms with Crippen LogP contribution in [0, 0.1) is 5.92 Å². The molecule has 84 valence electrons. The molecule has 1 rings (SSSR count). The predicted octanol–water partition coefficient (Wildman–Crippen LogP) is 2.31. The average molecular weight is 208 g/mol. The Morgan fingerprint density at radius 3 is 2.73 bits per heavy atom. The van der Waals surface area contributed by atoms with Crippen LogP contribution in [0.4, 0.5) is 0 Å². The highest BCUT2D eigenvalue weighted by Crippen LogP contribution is 2.05. The van der Waals surface area contributed by atoms with Crippen molar-refractivity contribution in [2.75, 3.05) is 0 Å². The summed E-state index contributed by atoms with van der Waals surface area (Å²) in [5.74, 6) is 1.48. The van der Waals surface area contributed by atoms with Crippen molar-refractivity contribution in [1.29, 1.82) is 0 Å². The van der Waals surface area contributed by atoms with E-state index < -0.39 is 0 Å². The molecule has 0 atom stereocenters. The van der Waals surface area contributed by atoms with Gasteiger partial charge in [-0.05, 0) is 18.8 Å². The lowest BCUT2D eigenvalue weighted by molar-refractivity contribution is 0.572. The third-order valence-corrected chi connectivity index (χ3v) is 2.31. The lowest BCUT2D eigenvalue weighted by Gasteiger charge is -2.05. The van der Waals surface area contributed by atoms with Crippen molar-refractivity contribution in [3.63, 3.8) is 0 Å². The van der Waals surface area contributed by atoms with Crippen LogP contribution < -0.4 is 5.56 Å². The first kappa shape index (κ1) is 12.0. The molecule has 3 nitrogen and oxygen atoms in total. The van der Waals surface area contributed by atoms with Crippen LogP contribution in [0.2, 0.25) is 0 Å². The fourth-order valence-corrected chi connectivity index (χ4v) is 1.49. The van der Waals surface area contributed by atoms with Crippen LogP contribution in [-0.2, 0) is 12.8 Å². The summed E-state index contributed by atoms with van der Waals surface area (Å²) in [7, 11) is 0. The van der Waals surface area contributed by atoms with Crippen molar-refractivity contribution in [1.82, 2.24) is 9.97 Å². The molecule has 3 heteroatoms. The summed E-state index contributed by atoms with van der Waals surface area (Å²) in [5.41, 5.74) is 0.896. The van der Waals surface area contributed by atoms with E-state index in [-0.39, 0.29) is 5.56 Å². The number of nitrogens with zero attached hydrogens (tertiary/aromatic N) is 1. The molecule has 0 saturated heterocycles. The molecular weight excluding hydrogens is 188 g/mol. The molecule has 1 aromatic rings. The van der Waals surface area contributed by atoms with Gasteiger partial charge in [-0.3, -0.25) is 4.79 Å². The third kappa shape index (κ3) is 4.28. The van der Waals surface area contributed by atoms with Crippen LogP contribution in [-0.4, -0.2) is 9.97 Å². The van der Waals surface area contributed by atoms with Crippen molar-refractivity contribution in [3.05, 3.63) is 27.9 Å². The highest BCUT2D eigenvalue weighted by molar-refractivity contribution is 5.03. The molecule has 1 aromatic heterocycles. The van der Waals surface area contributed by atoms with E-state index in [1.54, 1.807) is 6.07 Å². The summed E-state index contributed by atoms with van der Waals surface area (Å²) < 4.78 is 0. The number of hydrogen-bond acceptors (Lipinski definition) is 2. The van der Waals surface area contributed by atoms with Gasteiger partial charge < -0.3 is 4.98 Å². The molecule has 0 aromatic carbocycles. The molecular formula is C12H20N2O. The maximum absolute atomic E-state index is 11.3. The maximum atomic E-state index is 11.3. The van der Waals surface area contributed by atoms with Crippen LogP contribution in [0.5, 0.6) is 0 Å². The van der Waals surface area contributed by atoms with Gasteiger partial charge in [-0.25, -0.2) is 4.98 Å². The van der Waals surface area contributed by atoms with Gasteiger partial charge in [0, 0.05) is 18.2 Å². The van der Waals surface area contributed by atoms with Crippen molar-refractivity contribution in [2.24, 2.45) is 5.92 Å². The van der Waals surface area contributed by atoms with Gasteiger partial charge in [-0.15, -0.1) is 0 Å². The minimum atomic E-state index is -0.0211.